The first-order valence-corrected chi connectivity index (χ1v) is 29.4. The molecule has 3 atom stereocenters. The first-order chi connectivity index (χ1) is 40.4. The van der Waals surface area contributed by atoms with Gasteiger partial charge in [0.25, 0.3) is 11.8 Å². The number of hydrogen-bond acceptors (Lipinski definition) is 13. The van der Waals surface area contributed by atoms with Gasteiger partial charge in [0.15, 0.2) is 0 Å². The zero-order valence-electron chi connectivity index (χ0n) is 49.2. The highest BCUT2D eigenvalue weighted by molar-refractivity contribution is 6.06. The number of nitrogens with one attached hydrogen (secondary N) is 8. The Hall–Kier alpha value is -8.37. The molecule has 0 radical (unpaired) electrons. The molecule has 22 nitrogen and oxygen atoms in total. The van der Waals surface area contributed by atoms with E-state index in [1.54, 1.807) is 54.7 Å². The number of carbonyl (C=O) groups excluding carboxylic acids is 8. The fraction of sp³-hybridized carbons (Fsp3) is 0.468. The zero-order valence-corrected chi connectivity index (χ0v) is 49.2. The van der Waals surface area contributed by atoms with Crippen molar-refractivity contribution in [2.24, 2.45) is 17.4 Å². The molecule has 0 aliphatic carbocycles. The summed E-state index contributed by atoms with van der Waals surface area (Å²) in [4.78, 5) is 112. The molecule has 0 fully saturated rings. The summed E-state index contributed by atoms with van der Waals surface area (Å²) in [5.41, 5.74) is 19.3. The number of urea groups is 1. The molecule has 3 unspecified atom stereocenters. The van der Waals surface area contributed by atoms with Crippen LogP contribution in [0.2, 0.25) is 0 Å². The fourth-order valence-corrected chi connectivity index (χ4v) is 9.90. The Morgan fingerprint density at radius 1 is 0.750 bits per heavy atom. The van der Waals surface area contributed by atoms with Crippen molar-refractivity contribution < 1.29 is 43.1 Å². The molecule has 3 aromatic carbocycles. The average Bonchev–Trinajstić information content (AvgIpc) is 3.45. The molecule has 3 heterocycles. The molecular formula is C62H85N13O9. The van der Waals surface area contributed by atoms with Gasteiger partial charge in [0.2, 0.25) is 23.6 Å². The summed E-state index contributed by atoms with van der Waals surface area (Å²) in [5, 5.41) is 22.6. The molecule has 0 bridgehead atoms. The van der Waals surface area contributed by atoms with Crippen LogP contribution in [-0.4, -0.2) is 120 Å². The van der Waals surface area contributed by atoms with Crippen LogP contribution >= 0.6 is 0 Å². The van der Waals surface area contributed by atoms with Crippen LogP contribution in [0.4, 0.5) is 26.7 Å². The Kier molecular flexibility index (Phi) is 25.5. The summed E-state index contributed by atoms with van der Waals surface area (Å²) in [6.07, 6.45) is 9.70. The number of carbonyl (C=O) groups is 8. The highest BCUT2D eigenvalue weighted by Gasteiger charge is 2.30. The second-order valence-electron chi connectivity index (χ2n) is 21.7. The maximum absolute atomic E-state index is 13.6. The van der Waals surface area contributed by atoms with Gasteiger partial charge >= 0.3 is 12.1 Å². The number of anilines is 3. The van der Waals surface area contributed by atoms with Crippen LogP contribution in [0.5, 0.6) is 0 Å². The fourth-order valence-electron chi connectivity index (χ4n) is 9.90. The largest absolute Gasteiger partial charge is 0.445 e. The average molecular weight is 1160 g/mol. The van der Waals surface area contributed by atoms with Gasteiger partial charge in [0.05, 0.1) is 18.1 Å². The van der Waals surface area contributed by atoms with Crippen LogP contribution in [0.25, 0.3) is 6.08 Å². The number of aromatic nitrogens is 1. The van der Waals surface area contributed by atoms with Gasteiger partial charge < -0.3 is 63.6 Å². The molecule has 0 saturated carbocycles. The molecule has 0 saturated heterocycles. The van der Waals surface area contributed by atoms with E-state index in [0.29, 0.717) is 84.8 Å². The van der Waals surface area contributed by atoms with Gasteiger partial charge in [0.1, 0.15) is 18.7 Å². The van der Waals surface area contributed by atoms with Crippen LogP contribution < -0.4 is 54.0 Å². The van der Waals surface area contributed by atoms with Crippen molar-refractivity contribution in [1.82, 2.24) is 41.4 Å². The van der Waals surface area contributed by atoms with E-state index in [-0.39, 0.29) is 62.2 Å². The van der Waals surface area contributed by atoms with Crippen molar-refractivity contribution in [3.8, 4) is 0 Å². The number of hydrogen-bond donors (Lipinski definition) is 10. The van der Waals surface area contributed by atoms with Crippen LogP contribution in [0, 0.1) is 5.92 Å². The molecule has 452 valence electrons. The SMILES string of the molecule is CCCCCCC(=O)NC(C(=O)NC(CCCNC(N)=O)C(=O)Nc1ccc(COC(=O)NCCNC(=O)c2ccc(CN3CCc4ncc(NC(=O)c5ccc6c(c5)NC(N)CC(C(=O)N(CCC)CCC)=C6)cc4C3)cc2)cc1)C(C)C. The van der Waals surface area contributed by atoms with E-state index in [1.165, 1.54) is 0 Å². The van der Waals surface area contributed by atoms with Gasteiger partial charge in [0, 0.05) is 105 Å². The number of rotatable bonds is 30. The highest BCUT2D eigenvalue weighted by Crippen LogP contribution is 2.29. The summed E-state index contributed by atoms with van der Waals surface area (Å²) in [5.74, 6) is -2.09. The van der Waals surface area contributed by atoms with Crippen molar-refractivity contribution in [3.05, 3.63) is 124 Å². The van der Waals surface area contributed by atoms with Crippen molar-refractivity contribution in [3.63, 3.8) is 0 Å². The number of nitrogens with two attached hydrogens (primary N) is 2. The number of primary amides is 1. The second kappa shape index (κ2) is 33.1. The molecule has 0 spiro atoms. The predicted octanol–water partition coefficient (Wildman–Crippen LogP) is 6.66. The molecule has 2 aliphatic heterocycles. The van der Waals surface area contributed by atoms with Gasteiger partial charge in [-0.25, -0.2) is 9.59 Å². The van der Waals surface area contributed by atoms with Gasteiger partial charge in [-0.15, -0.1) is 0 Å². The quantitative estimate of drug-likeness (QED) is 0.0245. The maximum Gasteiger partial charge on any atom is 0.407 e. The molecule has 9 amide bonds. The lowest BCUT2D eigenvalue weighted by Crippen LogP contribution is -2.54. The van der Waals surface area contributed by atoms with E-state index in [4.69, 9.17) is 16.2 Å². The smallest absolute Gasteiger partial charge is 0.407 e. The van der Waals surface area contributed by atoms with Crippen molar-refractivity contribution in [2.45, 2.75) is 143 Å². The monoisotopic (exact) mass is 1160 g/mol. The standard InChI is InChI=1S/C62H85N13O9/c1-6-9-10-11-14-54(76)73-55(40(4)5)59(80)72-51(13-12-26-66-61(64)82)58(79)69-48-23-17-42(18-24-48)39-84-62(83)67-28-27-65-56(77)43-19-15-41(16-20-43)37-74-31-25-50-47(38-74)33-49(36-68-50)70-57(78)45-22-21-44-32-46(35-53(63)71-52(44)34-45)60(81)75(29-7-2)30-8-3/h15-24,32-34,36,40,51,53,55,71H,6-14,25-31,35,37-39,63H2,1-5H3,(H,65,77)(H,67,83)(H,69,79)(H,70,78)(H,72,80)(H,73,76)(H3,64,66,82). The molecule has 2 aliphatic rings. The van der Waals surface area contributed by atoms with Crippen LogP contribution in [-0.2, 0) is 50.0 Å². The van der Waals surface area contributed by atoms with Gasteiger partial charge in [-0.05, 0) is 109 Å². The number of fused-ring (bicyclic) bond motifs is 2. The second-order valence-corrected chi connectivity index (χ2v) is 21.7. The molecule has 12 N–H and O–H groups in total. The highest BCUT2D eigenvalue weighted by atomic mass is 16.5. The summed E-state index contributed by atoms with van der Waals surface area (Å²) in [7, 11) is 0. The third kappa shape index (κ3) is 20.5. The summed E-state index contributed by atoms with van der Waals surface area (Å²) < 4.78 is 5.37. The van der Waals surface area contributed by atoms with E-state index >= 15 is 0 Å². The topological polar surface area (TPSA) is 313 Å². The number of amides is 9. The number of unbranched alkanes of at least 4 members (excludes halogenated alkanes) is 3. The maximum atomic E-state index is 13.6. The third-order valence-electron chi connectivity index (χ3n) is 14.4. The first-order valence-electron chi connectivity index (χ1n) is 29.4. The molecule has 6 rings (SSSR count). The minimum absolute atomic E-state index is 0.0136. The number of nitrogens with zero attached hydrogens (tertiary/aromatic N) is 3. The van der Waals surface area contributed by atoms with Crippen molar-refractivity contribution >= 4 is 70.7 Å². The zero-order chi connectivity index (χ0) is 60.5. The number of pyridine rings is 1. The number of benzene rings is 3. The first kappa shape index (κ1) is 64.8. The van der Waals surface area contributed by atoms with E-state index in [1.807, 2.05) is 49.1 Å². The minimum atomic E-state index is -0.997. The summed E-state index contributed by atoms with van der Waals surface area (Å²) in [6, 6.07) is 18.7. The Balaban J connectivity index is 0.909. The Morgan fingerprint density at radius 3 is 2.17 bits per heavy atom. The lowest BCUT2D eigenvalue weighted by molar-refractivity contribution is -0.132. The summed E-state index contributed by atoms with van der Waals surface area (Å²) >= 11 is 0. The predicted molar refractivity (Wildman–Crippen MR) is 324 cm³/mol. The molecular weight excluding hydrogens is 1070 g/mol. The van der Waals surface area contributed by atoms with E-state index in [9.17, 15) is 38.4 Å². The van der Waals surface area contributed by atoms with Gasteiger partial charge in [-0.3, -0.25) is 38.7 Å². The minimum Gasteiger partial charge on any atom is -0.445 e. The Labute approximate surface area is 492 Å². The Bertz CT molecular complexity index is 2930. The molecule has 84 heavy (non-hydrogen) atoms. The third-order valence-corrected chi connectivity index (χ3v) is 14.4. The number of ether oxygens (including phenoxy) is 1. The lowest BCUT2D eigenvalue weighted by Gasteiger charge is -2.28. The van der Waals surface area contributed by atoms with Crippen molar-refractivity contribution in [1.29, 1.82) is 0 Å². The van der Waals surface area contributed by atoms with E-state index < -0.39 is 42.2 Å². The Morgan fingerprint density at radius 2 is 1.46 bits per heavy atom. The van der Waals surface area contributed by atoms with Gasteiger partial charge in [-0.2, -0.15) is 0 Å². The van der Waals surface area contributed by atoms with E-state index in [0.717, 1.165) is 73.9 Å². The van der Waals surface area contributed by atoms with Crippen LogP contribution in [0.1, 0.15) is 147 Å². The van der Waals surface area contributed by atoms with Crippen LogP contribution in [0.15, 0.2) is 84.6 Å². The van der Waals surface area contributed by atoms with Crippen molar-refractivity contribution in [2.75, 3.05) is 55.2 Å². The number of alkyl carbamates (subject to hydrolysis) is 1. The normalized spacial score (nSPS) is 14.4. The van der Waals surface area contributed by atoms with E-state index in [2.05, 4.69) is 73.2 Å². The summed E-state index contributed by atoms with van der Waals surface area (Å²) in [6.45, 7) is 13.6. The molecule has 4 aromatic rings. The van der Waals surface area contributed by atoms with Gasteiger partial charge in [-0.1, -0.05) is 84.2 Å². The molecule has 22 heteroatoms. The lowest BCUT2D eigenvalue weighted by atomic mass is 10.0. The molecule has 1 aromatic heterocycles. The van der Waals surface area contributed by atoms with Crippen LogP contribution in [0.3, 0.4) is 0 Å².